The van der Waals surface area contributed by atoms with Crippen LogP contribution >= 0.6 is 0 Å². The Hall–Kier alpha value is -1.03. The van der Waals surface area contributed by atoms with Crippen LogP contribution in [-0.4, -0.2) is 25.1 Å². The van der Waals surface area contributed by atoms with Gasteiger partial charge in [-0.3, -0.25) is 0 Å². The zero-order valence-electron chi connectivity index (χ0n) is 10.8. The van der Waals surface area contributed by atoms with Crippen molar-refractivity contribution >= 4 is 6.01 Å². The third kappa shape index (κ3) is 3.52. The van der Waals surface area contributed by atoms with Crippen molar-refractivity contribution in [2.24, 2.45) is 5.92 Å². The molecule has 1 heterocycles. The van der Waals surface area contributed by atoms with Crippen LogP contribution in [0.5, 0.6) is 0 Å². The average molecular weight is 225 g/mol. The fourth-order valence-electron chi connectivity index (χ4n) is 1.55. The van der Waals surface area contributed by atoms with Crippen LogP contribution in [0, 0.1) is 5.92 Å². The van der Waals surface area contributed by atoms with Crippen molar-refractivity contribution in [2.45, 2.75) is 33.7 Å². The van der Waals surface area contributed by atoms with E-state index in [4.69, 9.17) is 4.42 Å². The van der Waals surface area contributed by atoms with Crippen molar-refractivity contribution in [3.8, 4) is 0 Å². The molecule has 0 aromatic carbocycles. The van der Waals surface area contributed by atoms with Crippen LogP contribution < -0.4 is 10.2 Å². The topological polar surface area (TPSA) is 41.3 Å². The van der Waals surface area contributed by atoms with Gasteiger partial charge in [-0.15, -0.1) is 0 Å². The molecule has 1 atom stereocenters. The molecule has 0 radical (unpaired) electrons. The van der Waals surface area contributed by atoms with Crippen molar-refractivity contribution in [1.82, 2.24) is 10.3 Å². The third-order valence-electron chi connectivity index (χ3n) is 2.78. The maximum atomic E-state index is 5.49. The van der Waals surface area contributed by atoms with E-state index < -0.39 is 0 Å². The summed E-state index contributed by atoms with van der Waals surface area (Å²) in [5.41, 5.74) is 0.958. The smallest absolute Gasteiger partial charge is 0.297 e. The molecule has 0 aliphatic rings. The van der Waals surface area contributed by atoms with E-state index in [1.807, 2.05) is 7.05 Å². The van der Waals surface area contributed by atoms with Crippen molar-refractivity contribution in [3.05, 3.63) is 12.0 Å². The van der Waals surface area contributed by atoms with Crippen LogP contribution in [0.25, 0.3) is 0 Å². The van der Waals surface area contributed by atoms with E-state index in [0.717, 1.165) is 31.3 Å². The molecule has 1 unspecified atom stereocenters. The first-order chi connectivity index (χ1) is 7.71. The first kappa shape index (κ1) is 13.0. The Morgan fingerprint density at radius 3 is 2.81 bits per heavy atom. The molecule has 0 saturated carbocycles. The molecule has 1 aromatic rings. The van der Waals surface area contributed by atoms with E-state index in [0.29, 0.717) is 5.92 Å². The first-order valence-electron chi connectivity index (χ1n) is 6.05. The molecule has 0 aliphatic carbocycles. The Kier molecular flexibility index (Phi) is 5.32. The molecule has 4 nitrogen and oxygen atoms in total. The maximum Gasteiger partial charge on any atom is 0.297 e. The molecule has 0 fully saturated rings. The molecule has 1 rings (SSSR count). The quantitative estimate of drug-likeness (QED) is 0.773. The first-order valence-corrected chi connectivity index (χ1v) is 6.05. The highest BCUT2D eigenvalue weighted by Gasteiger charge is 2.13. The molecule has 0 bridgehead atoms. The van der Waals surface area contributed by atoms with E-state index in [2.05, 4.69) is 36.0 Å². The highest BCUT2D eigenvalue weighted by molar-refractivity contribution is 5.26. The summed E-state index contributed by atoms with van der Waals surface area (Å²) in [6.45, 7) is 9.28. The fourth-order valence-corrected chi connectivity index (χ4v) is 1.55. The summed E-state index contributed by atoms with van der Waals surface area (Å²) in [7, 11) is 1.91. The van der Waals surface area contributed by atoms with Gasteiger partial charge in [-0.25, -0.2) is 0 Å². The minimum atomic E-state index is 0.666. The Balaban J connectivity index is 2.63. The highest BCUT2D eigenvalue weighted by Crippen LogP contribution is 2.16. The van der Waals surface area contributed by atoms with Gasteiger partial charge in [0.15, 0.2) is 0 Å². The summed E-state index contributed by atoms with van der Waals surface area (Å²) in [4.78, 5) is 6.64. The summed E-state index contributed by atoms with van der Waals surface area (Å²) in [6.07, 6.45) is 2.91. The summed E-state index contributed by atoms with van der Waals surface area (Å²) in [5.74, 6) is 0.666. The number of nitrogens with one attached hydrogen (secondary N) is 1. The summed E-state index contributed by atoms with van der Waals surface area (Å²) in [5, 5.41) is 3.07. The minimum absolute atomic E-state index is 0.666. The SMILES string of the molecule is CCC(C)CN(CC)c1nc(CNC)co1. The lowest BCUT2D eigenvalue weighted by Crippen LogP contribution is -2.28. The average Bonchev–Trinajstić information content (AvgIpc) is 2.74. The van der Waals surface area contributed by atoms with Gasteiger partial charge in [-0.2, -0.15) is 4.98 Å². The Bertz CT molecular complexity index is 298. The van der Waals surface area contributed by atoms with E-state index in [-0.39, 0.29) is 0 Å². The number of oxazole rings is 1. The summed E-state index contributed by atoms with van der Waals surface area (Å²) < 4.78 is 5.49. The lowest BCUT2D eigenvalue weighted by atomic mass is 10.1. The van der Waals surface area contributed by atoms with Gasteiger partial charge in [0.2, 0.25) is 0 Å². The van der Waals surface area contributed by atoms with Crippen LogP contribution in [0.15, 0.2) is 10.7 Å². The molecule has 0 spiro atoms. The molecule has 0 saturated heterocycles. The third-order valence-corrected chi connectivity index (χ3v) is 2.78. The van der Waals surface area contributed by atoms with Gasteiger partial charge >= 0.3 is 0 Å². The number of aromatic nitrogens is 1. The standard InChI is InChI=1S/C12H23N3O/c1-5-10(3)8-15(6-2)12-14-11(7-13-4)9-16-12/h9-10,13H,5-8H2,1-4H3. The molecule has 16 heavy (non-hydrogen) atoms. The second-order valence-corrected chi connectivity index (χ2v) is 4.20. The molecule has 1 aromatic heterocycles. The monoisotopic (exact) mass is 225 g/mol. The molecule has 0 amide bonds. The molecule has 1 N–H and O–H groups in total. The molecule has 0 aliphatic heterocycles. The zero-order valence-corrected chi connectivity index (χ0v) is 10.8. The van der Waals surface area contributed by atoms with Crippen molar-refractivity contribution < 1.29 is 4.42 Å². The van der Waals surface area contributed by atoms with Crippen molar-refractivity contribution in [2.75, 3.05) is 25.0 Å². The number of anilines is 1. The van der Waals surface area contributed by atoms with Crippen molar-refractivity contribution in [1.29, 1.82) is 0 Å². The van der Waals surface area contributed by atoms with E-state index in [1.54, 1.807) is 6.26 Å². The largest absolute Gasteiger partial charge is 0.432 e. The normalized spacial score (nSPS) is 12.8. The fraction of sp³-hybridized carbons (Fsp3) is 0.750. The van der Waals surface area contributed by atoms with E-state index in [1.165, 1.54) is 6.42 Å². The van der Waals surface area contributed by atoms with Gasteiger partial charge in [0, 0.05) is 19.6 Å². The lowest BCUT2D eigenvalue weighted by molar-refractivity contribution is 0.490. The molecule has 4 heteroatoms. The molecular weight excluding hydrogens is 202 g/mol. The highest BCUT2D eigenvalue weighted by atomic mass is 16.4. The summed E-state index contributed by atoms with van der Waals surface area (Å²) >= 11 is 0. The van der Waals surface area contributed by atoms with Gasteiger partial charge < -0.3 is 14.6 Å². The minimum Gasteiger partial charge on any atom is -0.432 e. The van der Waals surface area contributed by atoms with Gasteiger partial charge in [0.25, 0.3) is 6.01 Å². The maximum absolute atomic E-state index is 5.49. The number of hydrogen-bond donors (Lipinski definition) is 1. The Morgan fingerprint density at radius 2 is 2.25 bits per heavy atom. The van der Waals surface area contributed by atoms with Gasteiger partial charge in [-0.1, -0.05) is 20.3 Å². The second-order valence-electron chi connectivity index (χ2n) is 4.20. The van der Waals surface area contributed by atoms with E-state index >= 15 is 0 Å². The van der Waals surface area contributed by atoms with Crippen LogP contribution in [0.1, 0.15) is 32.9 Å². The van der Waals surface area contributed by atoms with Crippen molar-refractivity contribution in [3.63, 3.8) is 0 Å². The molecule has 92 valence electrons. The number of hydrogen-bond acceptors (Lipinski definition) is 4. The van der Waals surface area contributed by atoms with Crippen LogP contribution in [0.4, 0.5) is 6.01 Å². The Labute approximate surface area is 98.0 Å². The number of rotatable bonds is 7. The van der Waals surface area contributed by atoms with Gasteiger partial charge in [0.1, 0.15) is 6.26 Å². The van der Waals surface area contributed by atoms with Gasteiger partial charge in [-0.05, 0) is 19.9 Å². The lowest BCUT2D eigenvalue weighted by Gasteiger charge is -2.21. The molecular formula is C12H23N3O. The zero-order chi connectivity index (χ0) is 12.0. The Morgan fingerprint density at radius 1 is 1.50 bits per heavy atom. The van der Waals surface area contributed by atoms with Crippen LogP contribution in [-0.2, 0) is 6.54 Å². The van der Waals surface area contributed by atoms with Crippen LogP contribution in [0.2, 0.25) is 0 Å². The predicted molar refractivity (Wildman–Crippen MR) is 66.6 cm³/mol. The van der Waals surface area contributed by atoms with Gasteiger partial charge in [0.05, 0.1) is 5.69 Å². The second kappa shape index (κ2) is 6.53. The predicted octanol–water partition coefficient (Wildman–Crippen LogP) is 2.27. The summed E-state index contributed by atoms with van der Waals surface area (Å²) in [6, 6.07) is 0.744. The number of nitrogens with zero attached hydrogens (tertiary/aromatic N) is 2. The van der Waals surface area contributed by atoms with Crippen LogP contribution in [0.3, 0.4) is 0 Å². The van der Waals surface area contributed by atoms with E-state index in [9.17, 15) is 0 Å².